The van der Waals surface area contributed by atoms with Crippen LogP contribution in [0.25, 0.3) is 0 Å². The molecule has 0 saturated heterocycles. The molecule has 0 N–H and O–H groups in total. The van der Waals surface area contributed by atoms with Gasteiger partial charge in [-0.05, 0) is 38.2 Å². The normalized spacial score (nSPS) is 23.6. The van der Waals surface area contributed by atoms with Crippen LogP contribution in [0.5, 0.6) is 0 Å². The van der Waals surface area contributed by atoms with Crippen molar-refractivity contribution in [2.75, 3.05) is 6.61 Å². The molecule has 0 spiro atoms. The standard InChI is InChI=1S/C15H20O2/c1-3-17-15(16)14-9-5-8-13(14)12-7-4-6-11(2)10-12/h4,6-7,10,13-14H,3,5,8-9H2,1-2H3. The zero-order valence-corrected chi connectivity index (χ0v) is 10.6. The molecule has 0 radical (unpaired) electrons. The van der Waals surface area contributed by atoms with Gasteiger partial charge in [0.1, 0.15) is 0 Å². The van der Waals surface area contributed by atoms with E-state index in [4.69, 9.17) is 4.74 Å². The number of esters is 1. The number of carbonyl (C=O) groups excluding carboxylic acids is 1. The molecule has 0 aromatic heterocycles. The van der Waals surface area contributed by atoms with Crippen LogP contribution in [0.3, 0.4) is 0 Å². The third-order valence-electron chi connectivity index (χ3n) is 3.58. The predicted octanol–water partition coefficient (Wildman–Crippen LogP) is 3.44. The second-order valence-corrected chi connectivity index (χ2v) is 4.81. The summed E-state index contributed by atoms with van der Waals surface area (Å²) in [5, 5.41) is 0. The van der Waals surface area contributed by atoms with Gasteiger partial charge in [-0.3, -0.25) is 4.79 Å². The Kier molecular flexibility index (Phi) is 3.82. The van der Waals surface area contributed by atoms with Gasteiger partial charge in [0.25, 0.3) is 0 Å². The molecule has 2 heteroatoms. The van der Waals surface area contributed by atoms with Gasteiger partial charge >= 0.3 is 5.97 Å². The topological polar surface area (TPSA) is 26.3 Å². The first-order chi connectivity index (χ1) is 8.22. The molecule has 2 rings (SSSR count). The summed E-state index contributed by atoms with van der Waals surface area (Å²) in [6.07, 6.45) is 3.20. The summed E-state index contributed by atoms with van der Waals surface area (Å²) >= 11 is 0. The maximum atomic E-state index is 11.9. The van der Waals surface area contributed by atoms with Gasteiger partial charge in [-0.2, -0.15) is 0 Å². The number of rotatable bonds is 3. The van der Waals surface area contributed by atoms with Crippen LogP contribution in [-0.2, 0) is 9.53 Å². The Balaban J connectivity index is 2.17. The van der Waals surface area contributed by atoms with Crippen molar-refractivity contribution in [3.63, 3.8) is 0 Å². The molecular formula is C15H20O2. The molecule has 2 atom stereocenters. The van der Waals surface area contributed by atoms with Crippen LogP contribution in [0.4, 0.5) is 0 Å². The van der Waals surface area contributed by atoms with Crippen molar-refractivity contribution in [3.05, 3.63) is 35.4 Å². The quantitative estimate of drug-likeness (QED) is 0.746. The van der Waals surface area contributed by atoms with Crippen molar-refractivity contribution in [1.29, 1.82) is 0 Å². The Labute approximate surface area is 103 Å². The molecule has 0 bridgehead atoms. The Morgan fingerprint density at radius 3 is 2.94 bits per heavy atom. The third-order valence-corrected chi connectivity index (χ3v) is 3.58. The molecule has 92 valence electrons. The van der Waals surface area contributed by atoms with E-state index in [0.717, 1.165) is 19.3 Å². The lowest BCUT2D eigenvalue weighted by Crippen LogP contribution is -2.20. The van der Waals surface area contributed by atoms with E-state index in [1.807, 2.05) is 6.92 Å². The van der Waals surface area contributed by atoms with E-state index in [9.17, 15) is 4.79 Å². The Bertz CT molecular complexity index is 398. The fourth-order valence-corrected chi connectivity index (χ4v) is 2.79. The highest BCUT2D eigenvalue weighted by Gasteiger charge is 2.34. The van der Waals surface area contributed by atoms with Crippen LogP contribution in [0.2, 0.25) is 0 Å². The molecule has 0 amide bonds. The molecule has 1 aliphatic carbocycles. The summed E-state index contributed by atoms with van der Waals surface area (Å²) in [4.78, 5) is 11.9. The van der Waals surface area contributed by atoms with E-state index in [1.54, 1.807) is 0 Å². The lowest BCUT2D eigenvalue weighted by atomic mass is 9.88. The molecule has 1 fully saturated rings. The summed E-state index contributed by atoms with van der Waals surface area (Å²) < 4.78 is 5.17. The predicted molar refractivity (Wildman–Crippen MR) is 67.9 cm³/mol. The zero-order valence-electron chi connectivity index (χ0n) is 10.6. The Morgan fingerprint density at radius 1 is 1.41 bits per heavy atom. The minimum Gasteiger partial charge on any atom is -0.466 e. The fourth-order valence-electron chi connectivity index (χ4n) is 2.79. The first-order valence-electron chi connectivity index (χ1n) is 6.45. The molecule has 1 aromatic rings. The first kappa shape index (κ1) is 12.2. The number of hydrogen-bond donors (Lipinski definition) is 0. The minimum atomic E-state index is -0.0171. The maximum absolute atomic E-state index is 11.9. The van der Waals surface area contributed by atoms with Gasteiger partial charge in [0.05, 0.1) is 12.5 Å². The van der Waals surface area contributed by atoms with Crippen LogP contribution < -0.4 is 0 Å². The summed E-state index contributed by atoms with van der Waals surface area (Å²) in [5.74, 6) is 0.405. The SMILES string of the molecule is CCOC(=O)C1CCCC1c1cccc(C)c1. The second kappa shape index (κ2) is 5.35. The molecule has 0 heterocycles. The lowest BCUT2D eigenvalue weighted by Gasteiger charge is -2.18. The highest BCUT2D eigenvalue weighted by molar-refractivity contribution is 5.74. The van der Waals surface area contributed by atoms with Crippen LogP contribution in [0.1, 0.15) is 43.2 Å². The van der Waals surface area contributed by atoms with Gasteiger partial charge in [-0.15, -0.1) is 0 Å². The van der Waals surface area contributed by atoms with Gasteiger partial charge in [0, 0.05) is 0 Å². The van der Waals surface area contributed by atoms with E-state index < -0.39 is 0 Å². The second-order valence-electron chi connectivity index (χ2n) is 4.81. The largest absolute Gasteiger partial charge is 0.466 e. The first-order valence-corrected chi connectivity index (χ1v) is 6.45. The summed E-state index contributed by atoms with van der Waals surface area (Å²) in [5.41, 5.74) is 2.55. The maximum Gasteiger partial charge on any atom is 0.309 e. The van der Waals surface area contributed by atoms with E-state index in [2.05, 4.69) is 31.2 Å². The minimum absolute atomic E-state index is 0.0171. The van der Waals surface area contributed by atoms with Gasteiger partial charge < -0.3 is 4.74 Å². The fraction of sp³-hybridized carbons (Fsp3) is 0.533. The summed E-state index contributed by atoms with van der Waals surface area (Å²) in [6, 6.07) is 8.50. The Morgan fingerprint density at radius 2 is 2.24 bits per heavy atom. The third kappa shape index (κ3) is 2.68. The zero-order chi connectivity index (χ0) is 12.3. The molecule has 1 aliphatic rings. The van der Waals surface area contributed by atoms with E-state index in [1.165, 1.54) is 11.1 Å². The van der Waals surface area contributed by atoms with E-state index >= 15 is 0 Å². The van der Waals surface area contributed by atoms with Crippen LogP contribution >= 0.6 is 0 Å². The smallest absolute Gasteiger partial charge is 0.309 e. The van der Waals surface area contributed by atoms with Gasteiger partial charge in [0.2, 0.25) is 0 Å². The summed E-state index contributed by atoms with van der Waals surface area (Å²) in [6.45, 7) is 4.45. The van der Waals surface area contributed by atoms with Crippen LogP contribution in [0, 0.1) is 12.8 Å². The lowest BCUT2D eigenvalue weighted by molar-refractivity contribution is -0.148. The number of aryl methyl sites for hydroxylation is 1. The van der Waals surface area contributed by atoms with Crippen molar-refractivity contribution >= 4 is 5.97 Å². The number of ether oxygens (including phenoxy) is 1. The van der Waals surface area contributed by atoms with Gasteiger partial charge in [0.15, 0.2) is 0 Å². The van der Waals surface area contributed by atoms with Gasteiger partial charge in [-0.1, -0.05) is 36.2 Å². The van der Waals surface area contributed by atoms with Crippen molar-refractivity contribution in [1.82, 2.24) is 0 Å². The van der Waals surface area contributed by atoms with E-state index in [0.29, 0.717) is 12.5 Å². The average Bonchev–Trinajstić information content (AvgIpc) is 2.78. The monoisotopic (exact) mass is 232 g/mol. The van der Waals surface area contributed by atoms with Gasteiger partial charge in [-0.25, -0.2) is 0 Å². The average molecular weight is 232 g/mol. The Hall–Kier alpha value is -1.31. The van der Waals surface area contributed by atoms with Crippen LogP contribution in [0.15, 0.2) is 24.3 Å². The van der Waals surface area contributed by atoms with Crippen molar-refractivity contribution in [3.8, 4) is 0 Å². The highest BCUT2D eigenvalue weighted by Crippen LogP contribution is 2.40. The molecular weight excluding hydrogens is 212 g/mol. The number of hydrogen-bond acceptors (Lipinski definition) is 2. The number of benzene rings is 1. The van der Waals surface area contributed by atoms with Crippen molar-refractivity contribution < 1.29 is 9.53 Å². The van der Waals surface area contributed by atoms with E-state index in [-0.39, 0.29) is 11.9 Å². The summed E-state index contributed by atoms with van der Waals surface area (Å²) in [7, 11) is 0. The molecule has 0 aliphatic heterocycles. The molecule has 1 saturated carbocycles. The van der Waals surface area contributed by atoms with Crippen molar-refractivity contribution in [2.45, 2.75) is 39.0 Å². The molecule has 1 aromatic carbocycles. The van der Waals surface area contributed by atoms with Crippen LogP contribution in [-0.4, -0.2) is 12.6 Å². The molecule has 2 nitrogen and oxygen atoms in total. The highest BCUT2D eigenvalue weighted by atomic mass is 16.5. The van der Waals surface area contributed by atoms with Crippen molar-refractivity contribution in [2.24, 2.45) is 5.92 Å². The molecule has 17 heavy (non-hydrogen) atoms. The molecule has 2 unspecified atom stereocenters. The number of carbonyl (C=O) groups is 1.